The van der Waals surface area contributed by atoms with Crippen LogP contribution in [0.1, 0.15) is 24.0 Å². The molecular weight excluding hydrogens is 378 g/mol. The summed E-state index contributed by atoms with van der Waals surface area (Å²) in [6.07, 6.45) is 1.49. The van der Waals surface area contributed by atoms with Crippen LogP contribution in [0.15, 0.2) is 47.4 Å². The van der Waals surface area contributed by atoms with Crippen LogP contribution in [0.25, 0.3) is 0 Å². The van der Waals surface area contributed by atoms with E-state index in [0.29, 0.717) is 25.5 Å². The van der Waals surface area contributed by atoms with E-state index in [4.69, 9.17) is 14.2 Å². The van der Waals surface area contributed by atoms with Crippen molar-refractivity contribution in [3.8, 4) is 11.5 Å². The van der Waals surface area contributed by atoms with Crippen LogP contribution in [0, 0.1) is 6.92 Å². The fourth-order valence-electron chi connectivity index (χ4n) is 3.58. The third kappa shape index (κ3) is 4.32. The summed E-state index contributed by atoms with van der Waals surface area (Å²) in [6.45, 7) is 3.35. The Hall–Kier alpha value is -2.09. The molecule has 1 aliphatic heterocycles. The number of hydrogen-bond donors (Lipinski definition) is 1. The van der Waals surface area contributed by atoms with Crippen molar-refractivity contribution in [3.05, 3.63) is 53.6 Å². The van der Waals surface area contributed by atoms with E-state index in [2.05, 4.69) is 4.72 Å². The first kappa shape index (κ1) is 20.6. The van der Waals surface area contributed by atoms with Gasteiger partial charge in [0.05, 0.1) is 14.2 Å². The lowest BCUT2D eigenvalue weighted by Crippen LogP contribution is -2.44. The second-order valence-corrected chi connectivity index (χ2v) is 8.84. The van der Waals surface area contributed by atoms with Gasteiger partial charge in [-0.15, -0.1) is 0 Å². The summed E-state index contributed by atoms with van der Waals surface area (Å²) in [5.74, 6) is 1.11. The predicted octanol–water partition coefficient (Wildman–Crippen LogP) is 3.04. The van der Waals surface area contributed by atoms with Gasteiger partial charge in [0.1, 0.15) is 16.4 Å². The molecule has 0 bridgehead atoms. The molecule has 0 spiro atoms. The lowest BCUT2D eigenvalue weighted by molar-refractivity contribution is 0.0517. The van der Waals surface area contributed by atoms with Crippen LogP contribution >= 0.6 is 0 Å². The van der Waals surface area contributed by atoms with Crippen LogP contribution in [-0.2, 0) is 20.2 Å². The molecule has 0 radical (unpaired) electrons. The van der Waals surface area contributed by atoms with Crippen molar-refractivity contribution in [1.29, 1.82) is 0 Å². The molecule has 1 heterocycles. The number of methoxy groups -OCH3 is 2. The SMILES string of the molecule is COc1ccc(C2(CNS(=O)(=O)c3cc(C)ccc3OC)CCOCC2)cc1. The monoisotopic (exact) mass is 405 g/mol. The van der Waals surface area contributed by atoms with Crippen molar-refractivity contribution in [2.45, 2.75) is 30.1 Å². The second kappa shape index (κ2) is 8.51. The highest BCUT2D eigenvalue weighted by Crippen LogP contribution is 2.36. The number of benzene rings is 2. The summed E-state index contributed by atoms with van der Waals surface area (Å²) in [6, 6.07) is 13.0. The Morgan fingerprint density at radius 3 is 2.32 bits per heavy atom. The Labute approximate surface area is 166 Å². The zero-order valence-electron chi connectivity index (χ0n) is 16.5. The normalized spacial score (nSPS) is 16.5. The topological polar surface area (TPSA) is 73.9 Å². The van der Waals surface area contributed by atoms with Crippen LogP contribution in [-0.4, -0.2) is 42.4 Å². The lowest BCUT2D eigenvalue weighted by Gasteiger charge is -2.38. The van der Waals surface area contributed by atoms with Crippen molar-refractivity contribution in [2.24, 2.45) is 0 Å². The number of nitrogens with one attached hydrogen (secondary N) is 1. The molecule has 2 aromatic rings. The number of hydrogen-bond acceptors (Lipinski definition) is 5. The van der Waals surface area contributed by atoms with Crippen LogP contribution in [0.4, 0.5) is 0 Å². The lowest BCUT2D eigenvalue weighted by atomic mass is 9.74. The third-order valence-corrected chi connectivity index (χ3v) is 6.78. The number of rotatable bonds is 7. The minimum atomic E-state index is -3.72. The fraction of sp³-hybridized carbons (Fsp3) is 0.429. The van der Waals surface area contributed by atoms with Crippen LogP contribution < -0.4 is 14.2 Å². The van der Waals surface area contributed by atoms with Gasteiger partial charge in [0.25, 0.3) is 0 Å². The maximum absolute atomic E-state index is 13.0. The van der Waals surface area contributed by atoms with E-state index in [0.717, 1.165) is 29.7 Å². The van der Waals surface area contributed by atoms with E-state index in [1.807, 2.05) is 37.3 Å². The average Bonchev–Trinajstić information content (AvgIpc) is 2.73. The number of sulfonamides is 1. The van der Waals surface area contributed by atoms with Gasteiger partial charge in [0.15, 0.2) is 0 Å². The van der Waals surface area contributed by atoms with Gasteiger partial charge >= 0.3 is 0 Å². The van der Waals surface area contributed by atoms with E-state index >= 15 is 0 Å². The Balaban J connectivity index is 1.88. The first-order valence-corrected chi connectivity index (χ1v) is 10.8. The largest absolute Gasteiger partial charge is 0.497 e. The molecule has 0 aromatic heterocycles. The molecule has 152 valence electrons. The zero-order valence-corrected chi connectivity index (χ0v) is 17.3. The van der Waals surface area contributed by atoms with Gasteiger partial charge in [-0.2, -0.15) is 0 Å². The Bertz CT molecular complexity index is 903. The average molecular weight is 406 g/mol. The molecule has 7 heteroatoms. The van der Waals surface area contributed by atoms with Crippen molar-refractivity contribution >= 4 is 10.0 Å². The first-order chi connectivity index (χ1) is 13.4. The molecule has 1 aliphatic rings. The molecule has 1 N–H and O–H groups in total. The summed E-state index contributed by atoms with van der Waals surface area (Å²) in [4.78, 5) is 0.159. The molecule has 28 heavy (non-hydrogen) atoms. The van der Waals surface area contributed by atoms with Crippen molar-refractivity contribution in [2.75, 3.05) is 34.0 Å². The molecule has 1 fully saturated rings. The molecule has 0 amide bonds. The second-order valence-electron chi connectivity index (χ2n) is 7.10. The Kier molecular flexibility index (Phi) is 6.27. The van der Waals surface area contributed by atoms with Crippen LogP contribution in [0.3, 0.4) is 0 Å². The fourth-order valence-corrected chi connectivity index (χ4v) is 4.96. The minimum absolute atomic E-state index is 0.159. The molecule has 6 nitrogen and oxygen atoms in total. The highest BCUT2D eigenvalue weighted by atomic mass is 32.2. The zero-order chi connectivity index (χ0) is 20.2. The Morgan fingerprint density at radius 2 is 1.71 bits per heavy atom. The maximum Gasteiger partial charge on any atom is 0.244 e. The van der Waals surface area contributed by atoms with Gasteiger partial charge < -0.3 is 14.2 Å². The van der Waals surface area contributed by atoms with Crippen molar-refractivity contribution in [1.82, 2.24) is 4.72 Å². The number of ether oxygens (including phenoxy) is 3. The van der Waals surface area contributed by atoms with E-state index < -0.39 is 10.0 Å². The summed E-state index contributed by atoms with van der Waals surface area (Å²) in [5.41, 5.74) is 1.61. The predicted molar refractivity (Wildman–Crippen MR) is 108 cm³/mol. The minimum Gasteiger partial charge on any atom is -0.497 e. The summed E-state index contributed by atoms with van der Waals surface area (Å²) < 4.78 is 44.9. The van der Waals surface area contributed by atoms with E-state index in [-0.39, 0.29) is 10.3 Å². The van der Waals surface area contributed by atoms with E-state index in [1.54, 1.807) is 19.2 Å². The summed E-state index contributed by atoms with van der Waals surface area (Å²) >= 11 is 0. The highest BCUT2D eigenvalue weighted by molar-refractivity contribution is 7.89. The van der Waals surface area contributed by atoms with Gasteiger partial charge in [-0.05, 0) is 55.2 Å². The van der Waals surface area contributed by atoms with E-state index in [1.165, 1.54) is 7.11 Å². The van der Waals surface area contributed by atoms with Gasteiger partial charge in [-0.3, -0.25) is 0 Å². The smallest absolute Gasteiger partial charge is 0.244 e. The Morgan fingerprint density at radius 1 is 1.04 bits per heavy atom. The van der Waals surface area contributed by atoms with Crippen molar-refractivity contribution < 1.29 is 22.6 Å². The maximum atomic E-state index is 13.0. The van der Waals surface area contributed by atoms with Gasteiger partial charge in [-0.25, -0.2) is 13.1 Å². The molecule has 2 aromatic carbocycles. The molecule has 0 unspecified atom stereocenters. The molecule has 0 aliphatic carbocycles. The molecule has 0 atom stereocenters. The van der Waals surface area contributed by atoms with Gasteiger partial charge in [0, 0.05) is 25.2 Å². The highest BCUT2D eigenvalue weighted by Gasteiger charge is 2.36. The van der Waals surface area contributed by atoms with Gasteiger partial charge in [0.2, 0.25) is 10.0 Å². The van der Waals surface area contributed by atoms with Crippen molar-refractivity contribution in [3.63, 3.8) is 0 Å². The third-order valence-electron chi connectivity index (χ3n) is 5.36. The first-order valence-electron chi connectivity index (χ1n) is 9.27. The standard InChI is InChI=1S/C21H27NO5S/c1-16-4-9-19(26-3)20(14-16)28(23,24)22-15-21(10-12-27-13-11-21)17-5-7-18(25-2)8-6-17/h4-9,14,22H,10-13,15H2,1-3H3. The van der Waals surface area contributed by atoms with E-state index in [9.17, 15) is 8.42 Å². The molecule has 1 saturated heterocycles. The molecular formula is C21H27NO5S. The number of aryl methyl sites for hydroxylation is 1. The quantitative estimate of drug-likeness (QED) is 0.766. The van der Waals surface area contributed by atoms with Crippen LogP contribution in [0.5, 0.6) is 11.5 Å². The summed E-state index contributed by atoms with van der Waals surface area (Å²) in [5, 5.41) is 0. The molecule has 0 saturated carbocycles. The van der Waals surface area contributed by atoms with Gasteiger partial charge in [-0.1, -0.05) is 18.2 Å². The summed E-state index contributed by atoms with van der Waals surface area (Å²) in [7, 11) is -0.624. The van der Waals surface area contributed by atoms with Crippen LogP contribution in [0.2, 0.25) is 0 Å². The molecule has 3 rings (SSSR count).